The Hall–Kier alpha value is -1.30. The van der Waals surface area contributed by atoms with Crippen molar-refractivity contribution in [2.45, 2.75) is 44.8 Å². The van der Waals surface area contributed by atoms with Gasteiger partial charge in [-0.25, -0.2) is 4.79 Å². The van der Waals surface area contributed by atoms with E-state index in [0.717, 1.165) is 6.42 Å². The maximum atomic E-state index is 12.1. The normalized spacial score (nSPS) is 35.2. The van der Waals surface area contributed by atoms with Crippen LogP contribution in [-0.2, 0) is 4.79 Å². The summed E-state index contributed by atoms with van der Waals surface area (Å²) in [5, 5.41) is 21.5. The lowest BCUT2D eigenvalue weighted by Gasteiger charge is -2.35. The Kier molecular flexibility index (Phi) is 4.29. The zero-order valence-electron chi connectivity index (χ0n) is 11.2. The summed E-state index contributed by atoms with van der Waals surface area (Å²) in [5.41, 5.74) is 0. The number of aliphatic hydroxyl groups is 1. The van der Waals surface area contributed by atoms with Crippen LogP contribution in [0.15, 0.2) is 0 Å². The summed E-state index contributed by atoms with van der Waals surface area (Å²) in [5.74, 6) is -1.01. The number of nitrogens with zero attached hydrogens (tertiary/aromatic N) is 1. The summed E-state index contributed by atoms with van der Waals surface area (Å²) in [6.07, 6.45) is 2.17. The first-order chi connectivity index (χ1) is 8.97. The van der Waals surface area contributed by atoms with Gasteiger partial charge >= 0.3 is 12.0 Å². The highest BCUT2D eigenvalue weighted by Gasteiger charge is 2.33. The van der Waals surface area contributed by atoms with Crippen LogP contribution in [0.4, 0.5) is 4.79 Å². The van der Waals surface area contributed by atoms with E-state index in [1.807, 2.05) is 6.92 Å². The number of hydrogen-bond acceptors (Lipinski definition) is 3. The summed E-state index contributed by atoms with van der Waals surface area (Å²) < 4.78 is 0. The SMILES string of the molecule is CC1CN(C(=O)N[C@H]2CC[C@@H](C(=O)O)C2)CCC1O. The Labute approximate surface area is 112 Å². The number of nitrogens with one attached hydrogen (secondary N) is 1. The van der Waals surface area contributed by atoms with Gasteiger partial charge in [-0.05, 0) is 31.6 Å². The Morgan fingerprint density at radius 3 is 2.58 bits per heavy atom. The molecule has 0 aromatic heterocycles. The van der Waals surface area contributed by atoms with E-state index < -0.39 is 5.97 Å². The number of aliphatic hydroxyl groups excluding tert-OH is 1. The van der Waals surface area contributed by atoms with Gasteiger partial charge in [0.2, 0.25) is 0 Å². The maximum Gasteiger partial charge on any atom is 0.317 e. The monoisotopic (exact) mass is 270 g/mol. The standard InChI is InChI=1S/C13H22N2O4/c1-8-7-15(5-4-11(8)16)13(19)14-10-3-2-9(6-10)12(17)18/h8-11,16H,2-7H2,1H3,(H,14,19)(H,17,18)/t8?,9-,10+,11?/m1/s1. The van der Waals surface area contributed by atoms with E-state index >= 15 is 0 Å². The van der Waals surface area contributed by atoms with Gasteiger partial charge in [0.25, 0.3) is 0 Å². The molecule has 2 amide bonds. The fourth-order valence-corrected chi connectivity index (χ4v) is 2.92. The van der Waals surface area contributed by atoms with Gasteiger partial charge in [0.15, 0.2) is 0 Å². The molecule has 0 bridgehead atoms. The Bertz CT molecular complexity index is 361. The van der Waals surface area contributed by atoms with Crippen molar-refractivity contribution in [1.82, 2.24) is 10.2 Å². The topological polar surface area (TPSA) is 89.9 Å². The molecule has 6 heteroatoms. The highest BCUT2D eigenvalue weighted by atomic mass is 16.4. The second kappa shape index (κ2) is 5.77. The summed E-state index contributed by atoms with van der Waals surface area (Å²) >= 11 is 0. The van der Waals surface area contributed by atoms with Crippen molar-refractivity contribution in [2.75, 3.05) is 13.1 Å². The summed E-state index contributed by atoms with van der Waals surface area (Å²) in [7, 11) is 0. The molecule has 0 spiro atoms. The van der Waals surface area contributed by atoms with Crippen molar-refractivity contribution in [3.05, 3.63) is 0 Å². The summed E-state index contributed by atoms with van der Waals surface area (Å²) in [6, 6.07) is -0.162. The molecule has 1 saturated heterocycles. The number of carboxylic acids is 1. The highest BCUT2D eigenvalue weighted by molar-refractivity contribution is 5.75. The van der Waals surface area contributed by atoms with Gasteiger partial charge in [-0.3, -0.25) is 4.79 Å². The molecule has 2 rings (SSSR count). The number of hydrogen-bond donors (Lipinski definition) is 3. The van der Waals surface area contributed by atoms with Crippen LogP contribution in [0.25, 0.3) is 0 Å². The van der Waals surface area contributed by atoms with E-state index in [4.69, 9.17) is 5.11 Å². The first-order valence-corrected chi connectivity index (χ1v) is 6.93. The number of amides is 2. The molecular formula is C13H22N2O4. The minimum Gasteiger partial charge on any atom is -0.481 e. The van der Waals surface area contributed by atoms with Crippen molar-refractivity contribution in [1.29, 1.82) is 0 Å². The Balaban J connectivity index is 1.80. The minimum absolute atomic E-state index is 0.0317. The number of piperidine rings is 1. The van der Waals surface area contributed by atoms with E-state index in [1.54, 1.807) is 4.90 Å². The number of likely N-dealkylation sites (tertiary alicyclic amines) is 1. The zero-order chi connectivity index (χ0) is 14.0. The highest BCUT2D eigenvalue weighted by Crippen LogP contribution is 2.26. The molecule has 3 N–H and O–H groups in total. The molecular weight excluding hydrogens is 248 g/mol. The fourth-order valence-electron chi connectivity index (χ4n) is 2.92. The van der Waals surface area contributed by atoms with Crippen LogP contribution in [0.2, 0.25) is 0 Å². The van der Waals surface area contributed by atoms with E-state index in [0.29, 0.717) is 32.4 Å². The number of carbonyl (C=O) groups is 2. The van der Waals surface area contributed by atoms with Crippen LogP contribution in [0.5, 0.6) is 0 Å². The van der Waals surface area contributed by atoms with Gasteiger partial charge in [-0.2, -0.15) is 0 Å². The van der Waals surface area contributed by atoms with Crippen LogP contribution in [0.3, 0.4) is 0 Å². The number of rotatable bonds is 2. The third kappa shape index (κ3) is 3.37. The molecule has 19 heavy (non-hydrogen) atoms. The minimum atomic E-state index is -0.772. The molecule has 1 aliphatic heterocycles. The van der Waals surface area contributed by atoms with Gasteiger partial charge in [-0.15, -0.1) is 0 Å². The maximum absolute atomic E-state index is 12.1. The molecule has 6 nitrogen and oxygen atoms in total. The summed E-state index contributed by atoms with van der Waals surface area (Å²) in [4.78, 5) is 24.6. The van der Waals surface area contributed by atoms with E-state index in [-0.39, 0.29) is 30.0 Å². The van der Waals surface area contributed by atoms with Crippen LogP contribution >= 0.6 is 0 Å². The second-order valence-electron chi connectivity index (χ2n) is 5.77. The van der Waals surface area contributed by atoms with Crippen molar-refractivity contribution in [3.8, 4) is 0 Å². The fraction of sp³-hybridized carbons (Fsp3) is 0.846. The van der Waals surface area contributed by atoms with Gasteiger partial charge in [0, 0.05) is 19.1 Å². The average Bonchev–Trinajstić information content (AvgIpc) is 2.81. The van der Waals surface area contributed by atoms with E-state index in [9.17, 15) is 14.7 Å². The summed E-state index contributed by atoms with van der Waals surface area (Å²) in [6.45, 7) is 3.05. The lowest BCUT2D eigenvalue weighted by molar-refractivity contribution is -0.141. The number of carboxylic acid groups (broad SMARTS) is 1. The van der Waals surface area contributed by atoms with E-state index in [2.05, 4.69) is 5.32 Å². The zero-order valence-corrected chi connectivity index (χ0v) is 11.2. The van der Waals surface area contributed by atoms with Crippen LogP contribution in [0.1, 0.15) is 32.6 Å². The van der Waals surface area contributed by atoms with Crippen LogP contribution < -0.4 is 5.32 Å². The first-order valence-electron chi connectivity index (χ1n) is 6.93. The number of urea groups is 1. The quantitative estimate of drug-likeness (QED) is 0.687. The van der Waals surface area contributed by atoms with Crippen molar-refractivity contribution in [2.24, 2.45) is 11.8 Å². The average molecular weight is 270 g/mol. The van der Waals surface area contributed by atoms with Crippen LogP contribution in [0, 0.1) is 11.8 Å². The largest absolute Gasteiger partial charge is 0.481 e. The molecule has 2 aliphatic rings. The molecule has 1 heterocycles. The molecule has 0 aromatic rings. The molecule has 0 aromatic carbocycles. The predicted molar refractivity (Wildman–Crippen MR) is 68.7 cm³/mol. The van der Waals surface area contributed by atoms with Gasteiger partial charge in [0.1, 0.15) is 0 Å². The number of carbonyl (C=O) groups excluding carboxylic acids is 1. The van der Waals surface area contributed by atoms with Crippen LogP contribution in [-0.4, -0.2) is 52.3 Å². The molecule has 2 unspecified atom stereocenters. The van der Waals surface area contributed by atoms with Gasteiger partial charge in [-0.1, -0.05) is 6.92 Å². The van der Waals surface area contributed by atoms with Crippen molar-refractivity contribution >= 4 is 12.0 Å². The molecule has 4 atom stereocenters. The lowest BCUT2D eigenvalue weighted by atomic mass is 9.97. The Morgan fingerprint density at radius 1 is 1.26 bits per heavy atom. The third-order valence-electron chi connectivity index (χ3n) is 4.26. The molecule has 108 valence electrons. The lowest BCUT2D eigenvalue weighted by Crippen LogP contribution is -2.50. The van der Waals surface area contributed by atoms with E-state index in [1.165, 1.54) is 0 Å². The molecule has 2 fully saturated rings. The smallest absolute Gasteiger partial charge is 0.317 e. The molecule has 1 aliphatic carbocycles. The van der Waals surface area contributed by atoms with Crippen molar-refractivity contribution < 1.29 is 19.8 Å². The molecule has 1 saturated carbocycles. The third-order valence-corrected chi connectivity index (χ3v) is 4.26. The Morgan fingerprint density at radius 2 is 2.00 bits per heavy atom. The number of aliphatic carboxylic acids is 1. The van der Waals surface area contributed by atoms with Crippen molar-refractivity contribution in [3.63, 3.8) is 0 Å². The predicted octanol–water partition coefficient (Wildman–Crippen LogP) is 0.652. The molecule has 0 radical (unpaired) electrons. The van der Waals surface area contributed by atoms with Gasteiger partial charge < -0.3 is 20.4 Å². The van der Waals surface area contributed by atoms with Gasteiger partial charge in [0.05, 0.1) is 12.0 Å². The second-order valence-corrected chi connectivity index (χ2v) is 5.77. The first kappa shape index (κ1) is 14.1.